The minimum absolute atomic E-state index is 0.150. The van der Waals surface area contributed by atoms with Gasteiger partial charge in [0.25, 0.3) is 0 Å². The van der Waals surface area contributed by atoms with Crippen molar-refractivity contribution in [2.75, 3.05) is 37.6 Å². The van der Waals surface area contributed by atoms with E-state index in [9.17, 15) is 13.6 Å². The quantitative estimate of drug-likeness (QED) is 0.784. The van der Waals surface area contributed by atoms with Crippen molar-refractivity contribution in [3.8, 4) is 0 Å². The number of nitrogens with zero attached hydrogens (tertiary/aromatic N) is 2. The number of hydrogen-bond acceptors (Lipinski definition) is 3. The lowest BCUT2D eigenvalue weighted by molar-refractivity contribution is -0.131. The number of unbranched alkanes of at least 4 members (excludes halogenated alkanes) is 3. The van der Waals surface area contributed by atoms with Crippen LogP contribution in [0.15, 0.2) is 18.2 Å². The lowest BCUT2D eigenvalue weighted by Crippen LogP contribution is -2.49. The molecule has 23 heavy (non-hydrogen) atoms. The summed E-state index contributed by atoms with van der Waals surface area (Å²) < 4.78 is 27.0. The average molecular weight is 325 g/mol. The van der Waals surface area contributed by atoms with Gasteiger partial charge in [0.15, 0.2) is 0 Å². The summed E-state index contributed by atoms with van der Waals surface area (Å²) in [6, 6.07) is 3.47. The number of carbonyl (C=O) groups is 1. The van der Waals surface area contributed by atoms with Gasteiger partial charge in [0, 0.05) is 38.7 Å². The van der Waals surface area contributed by atoms with Gasteiger partial charge in [-0.2, -0.15) is 0 Å². The monoisotopic (exact) mass is 325 g/mol. The third kappa shape index (κ3) is 5.16. The molecule has 2 N–H and O–H groups in total. The number of halogens is 2. The van der Waals surface area contributed by atoms with E-state index in [4.69, 9.17) is 5.73 Å². The van der Waals surface area contributed by atoms with E-state index in [1.54, 1.807) is 4.90 Å². The third-order valence-electron chi connectivity index (χ3n) is 4.23. The lowest BCUT2D eigenvalue weighted by Gasteiger charge is -2.36. The van der Waals surface area contributed by atoms with Gasteiger partial charge in [-0.3, -0.25) is 4.79 Å². The van der Waals surface area contributed by atoms with E-state index in [-0.39, 0.29) is 11.6 Å². The molecule has 0 bridgehead atoms. The van der Waals surface area contributed by atoms with Crippen LogP contribution in [0.1, 0.15) is 32.1 Å². The zero-order valence-corrected chi connectivity index (χ0v) is 13.4. The number of benzene rings is 1. The molecular formula is C17H25F2N3O. The Morgan fingerprint density at radius 3 is 2.43 bits per heavy atom. The van der Waals surface area contributed by atoms with Crippen molar-refractivity contribution in [3.63, 3.8) is 0 Å². The Hall–Kier alpha value is -1.69. The minimum atomic E-state index is -0.447. The average Bonchev–Trinajstić information content (AvgIpc) is 2.57. The van der Waals surface area contributed by atoms with Crippen molar-refractivity contribution in [2.24, 2.45) is 5.73 Å². The fraction of sp³-hybridized carbons (Fsp3) is 0.588. The lowest BCUT2D eigenvalue weighted by atomic mass is 10.1. The molecule has 0 radical (unpaired) electrons. The molecule has 0 atom stereocenters. The Morgan fingerprint density at radius 1 is 1.04 bits per heavy atom. The second-order valence-corrected chi connectivity index (χ2v) is 5.92. The molecule has 6 heteroatoms. The van der Waals surface area contributed by atoms with E-state index in [0.717, 1.165) is 37.8 Å². The first-order chi connectivity index (χ1) is 11.1. The molecule has 4 nitrogen and oxygen atoms in total. The molecule has 1 aromatic carbocycles. The van der Waals surface area contributed by atoms with Gasteiger partial charge >= 0.3 is 0 Å². The first-order valence-corrected chi connectivity index (χ1v) is 8.29. The van der Waals surface area contributed by atoms with Gasteiger partial charge in [-0.1, -0.05) is 12.8 Å². The van der Waals surface area contributed by atoms with Crippen molar-refractivity contribution >= 4 is 11.6 Å². The molecule has 1 aliphatic rings. The summed E-state index contributed by atoms with van der Waals surface area (Å²) in [7, 11) is 0. The second kappa shape index (κ2) is 8.82. The van der Waals surface area contributed by atoms with Crippen LogP contribution < -0.4 is 10.6 Å². The molecule has 1 amide bonds. The second-order valence-electron chi connectivity index (χ2n) is 5.92. The fourth-order valence-corrected chi connectivity index (χ4v) is 2.86. The predicted octanol–water partition coefficient (Wildman–Crippen LogP) is 2.52. The molecule has 1 fully saturated rings. The van der Waals surface area contributed by atoms with E-state index in [1.165, 1.54) is 6.07 Å². The van der Waals surface area contributed by atoms with Crippen LogP contribution >= 0.6 is 0 Å². The SMILES string of the molecule is NCCCCCCC(=O)N1CCN(c2cc(F)ccc2F)CC1. The predicted molar refractivity (Wildman–Crippen MR) is 87.3 cm³/mol. The zero-order valence-electron chi connectivity index (χ0n) is 13.4. The van der Waals surface area contributed by atoms with Crippen LogP contribution in [0.2, 0.25) is 0 Å². The smallest absolute Gasteiger partial charge is 0.222 e. The number of nitrogens with two attached hydrogens (primary N) is 1. The third-order valence-corrected chi connectivity index (χ3v) is 4.23. The highest BCUT2D eigenvalue weighted by atomic mass is 19.1. The Bertz CT molecular complexity index is 517. The highest BCUT2D eigenvalue weighted by Gasteiger charge is 2.22. The fourth-order valence-electron chi connectivity index (χ4n) is 2.86. The van der Waals surface area contributed by atoms with Crippen molar-refractivity contribution in [1.82, 2.24) is 4.90 Å². The van der Waals surface area contributed by atoms with Gasteiger partial charge in [-0.15, -0.1) is 0 Å². The molecule has 1 aliphatic heterocycles. The normalized spacial score (nSPS) is 15.1. The van der Waals surface area contributed by atoms with Gasteiger partial charge in [0.1, 0.15) is 11.6 Å². The molecule has 1 aromatic rings. The summed E-state index contributed by atoms with van der Waals surface area (Å²) in [4.78, 5) is 15.8. The van der Waals surface area contributed by atoms with Crippen LogP contribution in [0.25, 0.3) is 0 Å². The Kier molecular flexibility index (Phi) is 6.77. The van der Waals surface area contributed by atoms with Crippen LogP contribution in [0.4, 0.5) is 14.5 Å². The van der Waals surface area contributed by atoms with Crippen molar-refractivity contribution < 1.29 is 13.6 Å². The summed E-state index contributed by atoms with van der Waals surface area (Å²) >= 11 is 0. The van der Waals surface area contributed by atoms with E-state index in [2.05, 4.69) is 0 Å². The van der Waals surface area contributed by atoms with E-state index in [0.29, 0.717) is 39.1 Å². The molecule has 0 unspecified atom stereocenters. The zero-order chi connectivity index (χ0) is 16.7. The van der Waals surface area contributed by atoms with Crippen LogP contribution in [0.5, 0.6) is 0 Å². The molecule has 128 valence electrons. The molecule has 1 heterocycles. The molecule has 1 saturated heterocycles. The molecule has 0 saturated carbocycles. The number of hydrogen-bond donors (Lipinski definition) is 1. The highest BCUT2D eigenvalue weighted by Crippen LogP contribution is 2.22. The first-order valence-electron chi connectivity index (χ1n) is 8.29. The Labute approximate surface area is 136 Å². The minimum Gasteiger partial charge on any atom is -0.366 e. The Balaban J connectivity index is 1.77. The van der Waals surface area contributed by atoms with Crippen molar-refractivity contribution in [1.29, 1.82) is 0 Å². The summed E-state index contributed by atoms with van der Waals surface area (Å²) in [5.74, 6) is -0.722. The number of amides is 1. The Morgan fingerprint density at radius 2 is 1.74 bits per heavy atom. The number of anilines is 1. The van der Waals surface area contributed by atoms with Gasteiger partial charge in [-0.05, 0) is 31.5 Å². The highest BCUT2D eigenvalue weighted by molar-refractivity contribution is 5.76. The maximum atomic E-state index is 13.8. The standard InChI is InChI=1S/C17H25F2N3O/c18-14-6-7-15(19)16(13-14)21-9-11-22(12-10-21)17(23)5-3-1-2-4-8-20/h6-7,13H,1-5,8-12,20H2. The largest absolute Gasteiger partial charge is 0.366 e. The molecular weight excluding hydrogens is 300 g/mol. The maximum absolute atomic E-state index is 13.8. The van der Waals surface area contributed by atoms with Gasteiger partial charge in [-0.25, -0.2) is 8.78 Å². The van der Waals surface area contributed by atoms with E-state index >= 15 is 0 Å². The summed E-state index contributed by atoms with van der Waals surface area (Å²) in [5.41, 5.74) is 5.72. The summed E-state index contributed by atoms with van der Waals surface area (Å²) in [6.07, 6.45) is 4.54. The number of rotatable bonds is 7. The first kappa shape index (κ1) is 17.7. The van der Waals surface area contributed by atoms with Crippen LogP contribution in [0.3, 0.4) is 0 Å². The topological polar surface area (TPSA) is 49.6 Å². The molecule has 0 aromatic heterocycles. The summed E-state index contributed by atoms with van der Waals surface area (Å²) in [6.45, 7) is 2.86. The molecule has 0 spiro atoms. The van der Waals surface area contributed by atoms with Gasteiger partial charge in [0.05, 0.1) is 5.69 Å². The van der Waals surface area contributed by atoms with Gasteiger partial charge in [0.2, 0.25) is 5.91 Å². The van der Waals surface area contributed by atoms with Crippen LogP contribution in [0, 0.1) is 11.6 Å². The summed E-state index contributed by atoms with van der Waals surface area (Å²) in [5, 5.41) is 0. The number of piperazine rings is 1. The van der Waals surface area contributed by atoms with Crippen molar-refractivity contribution in [3.05, 3.63) is 29.8 Å². The molecule has 2 rings (SSSR count). The number of carbonyl (C=O) groups excluding carboxylic acids is 1. The van der Waals surface area contributed by atoms with E-state index in [1.807, 2.05) is 4.90 Å². The van der Waals surface area contributed by atoms with Gasteiger partial charge < -0.3 is 15.5 Å². The van der Waals surface area contributed by atoms with Crippen LogP contribution in [-0.2, 0) is 4.79 Å². The van der Waals surface area contributed by atoms with Crippen molar-refractivity contribution in [2.45, 2.75) is 32.1 Å². The van der Waals surface area contributed by atoms with Crippen LogP contribution in [-0.4, -0.2) is 43.5 Å². The molecule has 0 aliphatic carbocycles. The van der Waals surface area contributed by atoms with E-state index < -0.39 is 11.6 Å². The maximum Gasteiger partial charge on any atom is 0.222 e.